The van der Waals surface area contributed by atoms with Gasteiger partial charge < -0.3 is 20.2 Å². The number of nitrogens with zero attached hydrogens (tertiary/aromatic N) is 4. The number of nitrogens with one attached hydrogen (secondary N) is 1. The Balaban J connectivity index is 1.47. The highest BCUT2D eigenvalue weighted by Gasteiger charge is 2.10. The van der Waals surface area contributed by atoms with E-state index in [9.17, 15) is 0 Å². The van der Waals surface area contributed by atoms with Crippen molar-refractivity contribution in [2.45, 2.75) is 13.8 Å². The summed E-state index contributed by atoms with van der Waals surface area (Å²) in [5, 5.41) is 11.2. The van der Waals surface area contributed by atoms with Crippen LogP contribution in [0.15, 0.2) is 59.0 Å². The number of ether oxygens (including phenoxy) is 1. The van der Waals surface area contributed by atoms with E-state index in [0.29, 0.717) is 29.1 Å². The van der Waals surface area contributed by atoms with Crippen molar-refractivity contribution < 1.29 is 12.0 Å². The number of benzene rings is 2. The van der Waals surface area contributed by atoms with Gasteiger partial charge >= 0.3 is 6.01 Å². The van der Waals surface area contributed by atoms with Crippen LogP contribution in [-0.2, 0) is 0 Å². The summed E-state index contributed by atoms with van der Waals surface area (Å²) in [5.74, 6) is 1.08. The Kier molecular flexibility index (Phi) is 3.98. The molecule has 0 bridgehead atoms. The van der Waals surface area contributed by atoms with E-state index in [1.54, 1.807) is 37.3 Å². The van der Waals surface area contributed by atoms with Crippen LogP contribution < -0.4 is 15.8 Å². The van der Waals surface area contributed by atoms with Crippen LogP contribution in [0.2, 0.25) is 2.82 Å². The molecule has 2 aromatic carbocycles. The minimum Gasteiger partial charge on any atom is -0.439 e. The van der Waals surface area contributed by atoms with Gasteiger partial charge in [-0.3, -0.25) is 0 Å². The average Bonchev–Trinajstić information content (AvgIpc) is 3.16. The normalized spacial score (nSPS) is 11.5. The second-order valence-corrected chi connectivity index (χ2v) is 6.18. The van der Waals surface area contributed by atoms with Gasteiger partial charge in [-0.2, -0.15) is 4.98 Å². The van der Waals surface area contributed by atoms with Gasteiger partial charge in [0.15, 0.2) is 2.82 Å². The Labute approximate surface area is 164 Å². The van der Waals surface area contributed by atoms with E-state index < -0.39 is 0 Å². The number of aromatic nitrogens is 4. The topological polar surface area (TPSA) is 112 Å². The van der Waals surface area contributed by atoms with E-state index in [0.717, 1.165) is 16.8 Å². The zero-order valence-electron chi connectivity index (χ0n) is 17.2. The first kappa shape index (κ1) is 15.2. The molecule has 4 rings (SSSR count). The summed E-state index contributed by atoms with van der Waals surface area (Å²) in [6.07, 6.45) is 0. The Hall–Kier alpha value is -3.94. The first-order valence-corrected chi connectivity index (χ1v) is 8.55. The lowest BCUT2D eigenvalue weighted by molar-refractivity contribution is 0.462. The van der Waals surface area contributed by atoms with Crippen molar-refractivity contribution in [1.82, 2.24) is 20.2 Å². The lowest BCUT2D eigenvalue weighted by atomic mass is 10.2. The van der Waals surface area contributed by atoms with Gasteiger partial charge in [0.25, 0.3) is 0 Å². The second kappa shape index (κ2) is 7.36. The molecule has 2 aromatic heterocycles. The second-order valence-electron chi connectivity index (χ2n) is 6.18. The van der Waals surface area contributed by atoms with E-state index in [1.807, 2.05) is 31.2 Å². The summed E-state index contributed by atoms with van der Waals surface area (Å²) in [5.41, 5.74) is 3.65. The molecule has 0 aliphatic carbocycles. The third-order valence-corrected chi connectivity index (χ3v) is 3.84. The van der Waals surface area contributed by atoms with Gasteiger partial charge in [-0.15, -0.1) is 5.10 Å². The van der Waals surface area contributed by atoms with E-state index in [4.69, 9.17) is 12.0 Å². The minimum atomic E-state index is -0.0684. The maximum atomic E-state index is 7.29. The molecule has 0 saturated heterocycles. The number of hydrogen-bond acceptors (Lipinski definition) is 8. The van der Waals surface area contributed by atoms with Crippen LogP contribution in [0.1, 0.15) is 11.3 Å². The van der Waals surface area contributed by atoms with Crippen molar-refractivity contribution >= 4 is 17.7 Å². The molecule has 0 radical (unpaired) electrons. The van der Waals surface area contributed by atoms with E-state index in [1.165, 1.54) is 0 Å². The summed E-state index contributed by atoms with van der Waals surface area (Å²) in [6.45, 7) is 3.75. The van der Waals surface area contributed by atoms with Gasteiger partial charge in [0.2, 0.25) is 17.7 Å². The number of anilines is 3. The lowest BCUT2D eigenvalue weighted by Crippen LogP contribution is -1.98. The molecule has 4 aromatic rings. The first-order valence-electron chi connectivity index (χ1n) is 9.45. The molecule has 0 fully saturated rings. The summed E-state index contributed by atoms with van der Waals surface area (Å²) in [7, 11) is 0. The molecule has 140 valence electrons. The van der Waals surface area contributed by atoms with Crippen LogP contribution in [0, 0.1) is 13.8 Å². The zero-order valence-corrected chi connectivity index (χ0v) is 15.2. The lowest BCUT2D eigenvalue weighted by Gasteiger charge is -2.06. The Morgan fingerprint density at radius 2 is 1.89 bits per heavy atom. The fourth-order valence-electron chi connectivity index (χ4n) is 2.60. The highest BCUT2D eigenvalue weighted by atomic mass is 16.5. The van der Waals surface area contributed by atoms with Crippen molar-refractivity contribution in [2.75, 3.05) is 11.0 Å². The fourth-order valence-corrected chi connectivity index (χ4v) is 2.60. The molecule has 8 nitrogen and oxygen atoms in total. The molecule has 3 N–H and O–H groups in total. The smallest absolute Gasteiger partial charge is 0.320 e. The number of hydrogen-bond donors (Lipinski definition) is 2. The molecular weight excluding hydrogens is 356 g/mol. The van der Waals surface area contributed by atoms with Gasteiger partial charge in [0.05, 0.1) is 0 Å². The van der Waals surface area contributed by atoms with Crippen LogP contribution >= 0.6 is 0 Å². The Morgan fingerprint density at radius 3 is 2.68 bits per heavy atom. The minimum absolute atomic E-state index is 0.0684. The van der Waals surface area contributed by atoms with Gasteiger partial charge in [0.1, 0.15) is 5.75 Å². The number of nitrogen functional groups attached to an aromatic ring is 1. The SMILES string of the molecule is [2H]N([2H])c1nc(C)cc(Oc2ccc(-c3nnc(Nc4cccc(C)c4)o3)cc2)n1. The summed E-state index contributed by atoms with van der Waals surface area (Å²) in [6, 6.07) is 16.8. The van der Waals surface area contributed by atoms with Crippen LogP contribution in [0.4, 0.5) is 17.7 Å². The van der Waals surface area contributed by atoms with Gasteiger partial charge in [-0.25, -0.2) is 4.98 Å². The number of rotatable bonds is 6. The van der Waals surface area contributed by atoms with Crippen molar-refractivity contribution in [3.05, 3.63) is 65.9 Å². The molecule has 0 amide bonds. The number of nitrogens with two attached hydrogens (primary N) is 1. The molecule has 0 aliphatic heterocycles. The quantitative estimate of drug-likeness (QED) is 0.513. The van der Waals surface area contributed by atoms with E-state index in [2.05, 4.69) is 25.5 Å². The van der Waals surface area contributed by atoms with Gasteiger partial charge in [-0.1, -0.05) is 17.2 Å². The highest BCUT2D eigenvalue weighted by molar-refractivity contribution is 5.57. The summed E-state index contributed by atoms with van der Waals surface area (Å²) in [4.78, 5) is 8.02. The Bertz CT molecular complexity index is 1160. The molecule has 28 heavy (non-hydrogen) atoms. The van der Waals surface area contributed by atoms with Crippen LogP contribution in [-0.4, -0.2) is 20.2 Å². The Morgan fingerprint density at radius 1 is 1.04 bits per heavy atom. The first-order chi connectivity index (χ1) is 14.5. The molecule has 8 heteroatoms. The predicted molar refractivity (Wildman–Crippen MR) is 105 cm³/mol. The zero-order chi connectivity index (χ0) is 21.1. The largest absolute Gasteiger partial charge is 0.439 e. The van der Waals surface area contributed by atoms with Crippen LogP contribution in [0.3, 0.4) is 0 Å². The molecule has 0 spiro atoms. The predicted octanol–water partition coefficient (Wildman–Crippen LogP) is 4.26. The van der Waals surface area contributed by atoms with Crippen LogP contribution in [0.25, 0.3) is 11.5 Å². The average molecular weight is 376 g/mol. The summed E-state index contributed by atoms with van der Waals surface area (Å²) < 4.78 is 26.0. The van der Waals surface area contributed by atoms with Crippen molar-refractivity contribution in [1.29, 1.82) is 0 Å². The van der Waals surface area contributed by atoms with Crippen molar-refractivity contribution in [2.24, 2.45) is 0 Å². The van der Waals surface area contributed by atoms with E-state index in [-0.39, 0.29) is 11.8 Å². The van der Waals surface area contributed by atoms with Crippen LogP contribution in [0.5, 0.6) is 11.6 Å². The highest BCUT2D eigenvalue weighted by Crippen LogP contribution is 2.26. The van der Waals surface area contributed by atoms with E-state index >= 15 is 0 Å². The molecule has 2 heterocycles. The monoisotopic (exact) mass is 376 g/mol. The maximum Gasteiger partial charge on any atom is 0.320 e. The molecule has 0 saturated carbocycles. The molecular formula is C20H18N6O2. The van der Waals surface area contributed by atoms with Crippen molar-refractivity contribution in [3.8, 4) is 23.1 Å². The molecule has 0 atom stereocenters. The maximum absolute atomic E-state index is 7.29. The van der Waals surface area contributed by atoms with Gasteiger partial charge in [-0.05, 0) is 55.8 Å². The number of aryl methyl sites for hydroxylation is 2. The molecule has 0 aliphatic rings. The third kappa shape index (κ3) is 4.07. The third-order valence-electron chi connectivity index (χ3n) is 3.84. The standard InChI is InChI=1S/C20H18N6O2/c1-12-4-3-5-15(10-12)23-20-26-25-18(28-20)14-6-8-16(9-7-14)27-17-11-13(2)22-19(21)24-17/h3-11H,1-2H3,(H,23,26)(H2,21,22,24)/i/hD2. The van der Waals surface area contributed by atoms with Crippen molar-refractivity contribution in [3.63, 3.8) is 0 Å². The fraction of sp³-hybridized carbons (Fsp3) is 0.100. The summed E-state index contributed by atoms with van der Waals surface area (Å²) >= 11 is 0. The van der Waals surface area contributed by atoms with Gasteiger partial charge in [0, 0.05) is 23.0 Å². The molecule has 0 unspecified atom stereocenters.